The van der Waals surface area contributed by atoms with Crippen LogP contribution in [0.1, 0.15) is 16.7 Å². The van der Waals surface area contributed by atoms with Gasteiger partial charge in [0, 0.05) is 21.8 Å². The van der Waals surface area contributed by atoms with Gasteiger partial charge in [0.25, 0.3) is 5.56 Å². The Hall–Kier alpha value is -3.19. The second-order valence-electron chi connectivity index (χ2n) is 6.09. The van der Waals surface area contributed by atoms with Crippen molar-refractivity contribution in [2.24, 2.45) is 4.99 Å². The van der Waals surface area contributed by atoms with Crippen LogP contribution in [0, 0.1) is 0 Å². The number of aliphatic imine (C=N–C) groups is 1. The van der Waals surface area contributed by atoms with Crippen molar-refractivity contribution in [2.45, 2.75) is 6.54 Å². The fourth-order valence-electron chi connectivity index (χ4n) is 2.95. The minimum atomic E-state index is -0.660. The average Bonchev–Trinajstić information content (AvgIpc) is 3.05. The smallest absolute Gasteiger partial charge is 0.331 e. The number of fused-ring (bicyclic) bond motifs is 1. The predicted octanol–water partition coefficient (Wildman–Crippen LogP) is 3.31. The van der Waals surface area contributed by atoms with Gasteiger partial charge < -0.3 is 5.11 Å². The molecule has 0 unspecified atom stereocenters. The summed E-state index contributed by atoms with van der Waals surface area (Å²) in [6.45, 7) is 0.148. The first-order chi connectivity index (χ1) is 13.0. The number of aromatic hydroxyl groups is 1. The maximum atomic E-state index is 12.3. The van der Waals surface area contributed by atoms with Crippen LogP contribution in [0.5, 0.6) is 5.88 Å². The third-order valence-corrected chi connectivity index (χ3v) is 4.80. The molecular formula is C20H14BrN3O3. The number of allylic oxidation sites excluding steroid dienone is 1. The molecule has 0 atom stereocenters. The molecule has 2 N–H and O–H groups in total. The normalized spacial score (nSPS) is 13.9. The molecule has 7 heteroatoms. The second-order valence-corrected chi connectivity index (χ2v) is 7.00. The van der Waals surface area contributed by atoms with E-state index in [1.54, 1.807) is 6.21 Å². The van der Waals surface area contributed by atoms with Gasteiger partial charge in [0.15, 0.2) is 0 Å². The van der Waals surface area contributed by atoms with Crippen LogP contribution in [0.15, 0.2) is 67.6 Å². The fourth-order valence-corrected chi connectivity index (χ4v) is 3.31. The van der Waals surface area contributed by atoms with E-state index in [2.05, 4.69) is 25.9 Å². The van der Waals surface area contributed by atoms with Gasteiger partial charge in [0.2, 0.25) is 5.88 Å². The lowest BCUT2D eigenvalue weighted by molar-refractivity contribution is 0.408. The number of halogens is 1. The van der Waals surface area contributed by atoms with Gasteiger partial charge in [-0.1, -0.05) is 46.3 Å². The quantitative estimate of drug-likeness (QED) is 0.677. The number of nitrogens with one attached hydrogen (secondary N) is 1. The molecule has 0 saturated heterocycles. The van der Waals surface area contributed by atoms with E-state index in [-0.39, 0.29) is 18.0 Å². The minimum Gasteiger partial charge on any atom is -0.494 e. The Labute approximate surface area is 162 Å². The van der Waals surface area contributed by atoms with Crippen LogP contribution in [-0.2, 0) is 6.54 Å². The van der Waals surface area contributed by atoms with E-state index in [1.165, 1.54) is 6.08 Å². The van der Waals surface area contributed by atoms with E-state index in [0.717, 1.165) is 25.9 Å². The van der Waals surface area contributed by atoms with Crippen molar-refractivity contribution >= 4 is 39.5 Å². The summed E-state index contributed by atoms with van der Waals surface area (Å²) < 4.78 is 2.02. The van der Waals surface area contributed by atoms with Gasteiger partial charge in [0.1, 0.15) is 5.56 Å². The van der Waals surface area contributed by atoms with E-state index in [4.69, 9.17) is 0 Å². The van der Waals surface area contributed by atoms with E-state index in [9.17, 15) is 14.7 Å². The van der Waals surface area contributed by atoms with Crippen LogP contribution in [0.4, 0.5) is 5.69 Å². The zero-order chi connectivity index (χ0) is 19.0. The molecule has 6 nitrogen and oxygen atoms in total. The molecule has 134 valence electrons. The summed E-state index contributed by atoms with van der Waals surface area (Å²) in [4.78, 5) is 31.1. The van der Waals surface area contributed by atoms with Gasteiger partial charge in [-0.3, -0.25) is 19.3 Å². The van der Waals surface area contributed by atoms with Gasteiger partial charge in [-0.15, -0.1) is 0 Å². The van der Waals surface area contributed by atoms with E-state index < -0.39 is 11.2 Å². The molecule has 1 aliphatic rings. The van der Waals surface area contributed by atoms with Crippen molar-refractivity contribution in [1.82, 2.24) is 9.55 Å². The molecule has 2 heterocycles. The highest BCUT2D eigenvalue weighted by Crippen LogP contribution is 2.35. The van der Waals surface area contributed by atoms with Crippen molar-refractivity contribution in [3.63, 3.8) is 0 Å². The molecule has 27 heavy (non-hydrogen) atoms. The van der Waals surface area contributed by atoms with Crippen molar-refractivity contribution in [2.75, 3.05) is 0 Å². The van der Waals surface area contributed by atoms with E-state index in [0.29, 0.717) is 5.57 Å². The summed E-state index contributed by atoms with van der Waals surface area (Å²) >= 11 is 3.42. The molecular weight excluding hydrogens is 410 g/mol. The average molecular weight is 424 g/mol. The first-order valence-corrected chi connectivity index (χ1v) is 8.98. The van der Waals surface area contributed by atoms with E-state index in [1.807, 2.05) is 48.5 Å². The second kappa shape index (κ2) is 6.85. The number of aromatic nitrogens is 2. The fraction of sp³-hybridized carbons (Fsp3) is 0.0500. The molecule has 0 saturated carbocycles. The summed E-state index contributed by atoms with van der Waals surface area (Å²) in [7, 11) is 0. The Bertz CT molecular complexity index is 1210. The van der Waals surface area contributed by atoms with Gasteiger partial charge >= 0.3 is 5.69 Å². The number of hydrogen-bond acceptors (Lipinski definition) is 4. The molecule has 0 amide bonds. The first-order valence-electron chi connectivity index (χ1n) is 8.18. The maximum Gasteiger partial charge on any atom is 0.331 e. The molecule has 1 aliphatic heterocycles. The Morgan fingerprint density at radius 1 is 1.15 bits per heavy atom. The topological polar surface area (TPSA) is 87.5 Å². The number of benzene rings is 2. The Morgan fingerprint density at radius 2 is 1.93 bits per heavy atom. The van der Waals surface area contributed by atoms with Crippen LogP contribution in [-0.4, -0.2) is 20.9 Å². The largest absolute Gasteiger partial charge is 0.494 e. The number of nitrogens with zero attached hydrogens (tertiary/aromatic N) is 2. The molecule has 2 aromatic carbocycles. The number of rotatable bonds is 3. The number of H-pyrrole nitrogens is 1. The highest BCUT2D eigenvalue weighted by Gasteiger charge is 2.17. The summed E-state index contributed by atoms with van der Waals surface area (Å²) in [5.74, 6) is -0.378. The van der Waals surface area contributed by atoms with E-state index >= 15 is 0 Å². The third kappa shape index (κ3) is 3.29. The number of hydrogen-bond donors (Lipinski definition) is 2. The van der Waals surface area contributed by atoms with Crippen LogP contribution in [0.3, 0.4) is 0 Å². The lowest BCUT2D eigenvalue weighted by atomic mass is 10.1. The minimum absolute atomic E-state index is 0.0137. The molecule has 4 rings (SSSR count). The molecule has 0 aliphatic carbocycles. The third-order valence-electron chi connectivity index (χ3n) is 4.30. The van der Waals surface area contributed by atoms with Gasteiger partial charge in [-0.2, -0.15) is 0 Å². The Morgan fingerprint density at radius 3 is 2.70 bits per heavy atom. The lowest BCUT2D eigenvalue weighted by Gasteiger charge is -2.10. The van der Waals surface area contributed by atoms with Crippen molar-refractivity contribution < 1.29 is 5.11 Å². The number of aromatic amines is 1. The monoisotopic (exact) mass is 423 g/mol. The highest BCUT2D eigenvalue weighted by molar-refractivity contribution is 9.10. The van der Waals surface area contributed by atoms with Crippen LogP contribution < -0.4 is 11.2 Å². The van der Waals surface area contributed by atoms with Gasteiger partial charge in [-0.05, 0) is 29.8 Å². The van der Waals surface area contributed by atoms with Gasteiger partial charge in [-0.25, -0.2) is 4.79 Å². The zero-order valence-electron chi connectivity index (χ0n) is 14.0. The Kier molecular flexibility index (Phi) is 4.37. The summed E-state index contributed by atoms with van der Waals surface area (Å²) in [5, 5.41) is 10.6. The maximum absolute atomic E-state index is 12.3. The van der Waals surface area contributed by atoms with Crippen LogP contribution in [0.2, 0.25) is 0 Å². The summed E-state index contributed by atoms with van der Waals surface area (Å²) in [6.07, 6.45) is 3.17. The van der Waals surface area contributed by atoms with Crippen LogP contribution >= 0.6 is 15.9 Å². The standard InChI is InChI=1S/C20H14BrN3O3/c21-14-6-7-17-15(9-14)13(10-22-17)8-16-18(25)23-20(27)24(19(16)26)11-12-4-2-1-3-5-12/h1-10,26H,11H2,(H,23,25,27). The molecule has 0 radical (unpaired) electrons. The molecule has 0 bridgehead atoms. The first kappa shape index (κ1) is 17.2. The Balaban J connectivity index is 1.82. The SMILES string of the molecule is O=c1[nH]c(=O)n(Cc2ccccc2)c(O)c1C=C1C=Nc2ccc(Br)cc21. The predicted molar refractivity (Wildman–Crippen MR) is 109 cm³/mol. The molecule has 0 fully saturated rings. The van der Waals surface area contributed by atoms with Gasteiger partial charge in [0.05, 0.1) is 12.2 Å². The summed E-state index contributed by atoms with van der Waals surface area (Å²) in [6, 6.07) is 14.9. The zero-order valence-corrected chi connectivity index (χ0v) is 15.6. The molecule has 0 spiro atoms. The molecule has 3 aromatic rings. The molecule has 1 aromatic heterocycles. The van der Waals surface area contributed by atoms with Crippen molar-refractivity contribution in [1.29, 1.82) is 0 Å². The van der Waals surface area contributed by atoms with Crippen LogP contribution in [0.25, 0.3) is 11.6 Å². The summed E-state index contributed by atoms with van der Waals surface area (Å²) in [5.41, 5.74) is 1.83. The van der Waals surface area contributed by atoms with Crippen molar-refractivity contribution in [3.8, 4) is 5.88 Å². The lowest BCUT2D eigenvalue weighted by Crippen LogP contribution is -2.31. The highest BCUT2D eigenvalue weighted by atomic mass is 79.9. The van der Waals surface area contributed by atoms with Crippen molar-refractivity contribution in [3.05, 3.63) is 90.5 Å².